The van der Waals surface area contributed by atoms with Crippen LogP contribution >= 0.6 is 0 Å². The number of benzene rings is 2. The van der Waals surface area contributed by atoms with E-state index in [9.17, 15) is 9.59 Å². The fourth-order valence-electron chi connectivity index (χ4n) is 3.76. The number of anilines is 2. The van der Waals surface area contributed by atoms with Gasteiger partial charge in [-0.3, -0.25) is 24.9 Å². The van der Waals surface area contributed by atoms with Crippen LogP contribution < -0.4 is 16.0 Å². The standard InChI is InChI=1S/C26H27N7O3/c1-3-36-24(34)16-33(26(35)20-6-4-5-13-29-20)19-11-12-22-21(14-19)31-23(32(22)2)15-30-18-9-7-17(8-10-18)25(27)28/h4-14,30H,3,15-16H2,1-2H3,(H3,27,28). The highest BCUT2D eigenvalue weighted by molar-refractivity contribution is 6.07. The van der Waals surface area contributed by atoms with E-state index >= 15 is 0 Å². The SMILES string of the molecule is CCOC(=O)CN(C(=O)c1ccccn1)c1ccc2c(c1)nc(CNc1ccc(C(=N)N)cc1)n2C. The molecule has 0 radical (unpaired) electrons. The molecule has 4 rings (SSSR count). The molecule has 0 saturated heterocycles. The van der Waals surface area contributed by atoms with Crippen LogP contribution in [0.4, 0.5) is 11.4 Å². The molecule has 1 amide bonds. The predicted octanol–water partition coefficient (Wildman–Crippen LogP) is 3.07. The summed E-state index contributed by atoms with van der Waals surface area (Å²) in [5.41, 5.74) is 9.34. The third-order valence-electron chi connectivity index (χ3n) is 5.64. The van der Waals surface area contributed by atoms with Gasteiger partial charge in [-0.2, -0.15) is 0 Å². The first-order valence-electron chi connectivity index (χ1n) is 11.4. The molecule has 0 fully saturated rings. The zero-order valence-corrected chi connectivity index (χ0v) is 20.1. The summed E-state index contributed by atoms with van der Waals surface area (Å²) in [4.78, 5) is 35.7. The van der Waals surface area contributed by atoms with E-state index in [4.69, 9.17) is 20.9 Å². The predicted molar refractivity (Wildman–Crippen MR) is 138 cm³/mol. The Morgan fingerprint density at radius 1 is 1.14 bits per heavy atom. The second-order valence-electron chi connectivity index (χ2n) is 8.02. The first kappa shape index (κ1) is 24.4. The van der Waals surface area contributed by atoms with E-state index in [0.29, 0.717) is 23.3 Å². The number of nitrogens with two attached hydrogens (primary N) is 1. The van der Waals surface area contributed by atoms with E-state index < -0.39 is 11.9 Å². The Balaban J connectivity index is 1.60. The molecule has 10 nitrogen and oxygen atoms in total. The molecule has 4 N–H and O–H groups in total. The van der Waals surface area contributed by atoms with Crippen LogP contribution in [-0.4, -0.2) is 45.4 Å². The topological polar surface area (TPSA) is 139 Å². The molecule has 10 heteroatoms. The normalized spacial score (nSPS) is 10.7. The quantitative estimate of drug-likeness (QED) is 0.188. The van der Waals surface area contributed by atoms with Crippen LogP contribution in [0.3, 0.4) is 0 Å². The summed E-state index contributed by atoms with van der Waals surface area (Å²) >= 11 is 0. The summed E-state index contributed by atoms with van der Waals surface area (Å²) in [7, 11) is 1.92. The Hall–Kier alpha value is -4.73. The summed E-state index contributed by atoms with van der Waals surface area (Å²) in [5, 5.41) is 10.8. The highest BCUT2D eigenvalue weighted by Crippen LogP contribution is 2.24. The number of amides is 1. The van der Waals surface area contributed by atoms with E-state index in [1.165, 1.54) is 11.1 Å². The van der Waals surface area contributed by atoms with Crippen molar-refractivity contribution >= 4 is 40.1 Å². The Kier molecular flexibility index (Phi) is 7.24. The number of carbonyl (C=O) groups excluding carboxylic acids is 2. The van der Waals surface area contributed by atoms with Gasteiger partial charge in [0.2, 0.25) is 0 Å². The Morgan fingerprint density at radius 3 is 2.58 bits per heavy atom. The van der Waals surface area contributed by atoms with Gasteiger partial charge in [-0.25, -0.2) is 4.98 Å². The lowest BCUT2D eigenvalue weighted by molar-refractivity contribution is -0.141. The van der Waals surface area contributed by atoms with Crippen LogP contribution in [0.1, 0.15) is 28.8 Å². The monoisotopic (exact) mass is 485 g/mol. The van der Waals surface area contributed by atoms with Crippen molar-refractivity contribution in [3.63, 3.8) is 0 Å². The molecular formula is C26H27N7O3. The molecule has 0 atom stereocenters. The summed E-state index contributed by atoms with van der Waals surface area (Å²) in [6, 6.07) is 17.7. The van der Waals surface area contributed by atoms with Crippen molar-refractivity contribution in [3.8, 4) is 0 Å². The van der Waals surface area contributed by atoms with Gasteiger partial charge in [0.1, 0.15) is 23.9 Å². The van der Waals surface area contributed by atoms with Gasteiger partial charge in [-0.1, -0.05) is 6.07 Å². The number of ether oxygens (including phenoxy) is 1. The number of nitrogen functional groups attached to an aromatic ring is 1. The summed E-state index contributed by atoms with van der Waals surface area (Å²) in [6.45, 7) is 2.15. The molecule has 0 unspecified atom stereocenters. The van der Waals surface area contributed by atoms with Crippen molar-refractivity contribution in [2.75, 3.05) is 23.4 Å². The maximum Gasteiger partial charge on any atom is 0.326 e. The molecule has 0 aliphatic heterocycles. The molecule has 4 aromatic rings. The maximum atomic E-state index is 13.2. The largest absolute Gasteiger partial charge is 0.465 e. The molecule has 0 spiro atoms. The van der Waals surface area contributed by atoms with Gasteiger partial charge in [0, 0.05) is 30.2 Å². The highest BCUT2D eigenvalue weighted by atomic mass is 16.5. The van der Waals surface area contributed by atoms with Gasteiger partial charge < -0.3 is 20.4 Å². The number of nitrogens with zero attached hydrogens (tertiary/aromatic N) is 4. The number of hydrogen-bond donors (Lipinski definition) is 3. The Bertz CT molecular complexity index is 1400. The number of amidine groups is 1. The molecule has 0 saturated carbocycles. The third kappa shape index (κ3) is 5.33. The molecule has 184 valence electrons. The van der Waals surface area contributed by atoms with E-state index in [2.05, 4.69) is 10.3 Å². The van der Waals surface area contributed by atoms with E-state index in [1.54, 1.807) is 49.4 Å². The number of aromatic nitrogens is 3. The fourth-order valence-corrected chi connectivity index (χ4v) is 3.76. The van der Waals surface area contributed by atoms with Crippen molar-refractivity contribution in [2.45, 2.75) is 13.5 Å². The second kappa shape index (κ2) is 10.7. The lowest BCUT2D eigenvalue weighted by Crippen LogP contribution is -2.37. The molecule has 0 bridgehead atoms. The highest BCUT2D eigenvalue weighted by Gasteiger charge is 2.23. The first-order valence-corrected chi connectivity index (χ1v) is 11.4. The molecule has 2 aromatic heterocycles. The van der Waals surface area contributed by atoms with Gasteiger partial charge in [0.15, 0.2) is 0 Å². The van der Waals surface area contributed by atoms with Crippen molar-refractivity contribution in [1.82, 2.24) is 14.5 Å². The Labute approximate surface area is 208 Å². The number of hydrogen-bond acceptors (Lipinski definition) is 7. The van der Waals surface area contributed by atoms with Gasteiger partial charge in [0.05, 0.1) is 24.2 Å². The number of pyridine rings is 1. The van der Waals surface area contributed by atoms with Crippen LogP contribution in [0.2, 0.25) is 0 Å². The minimum atomic E-state index is -0.511. The zero-order chi connectivity index (χ0) is 25.7. The third-order valence-corrected chi connectivity index (χ3v) is 5.64. The van der Waals surface area contributed by atoms with Crippen LogP contribution in [0.25, 0.3) is 11.0 Å². The number of aryl methyl sites for hydroxylation is 1. The first-order chi connectivity index (χ1) is 17.4. The average molecular weight is 486 g/mol. The minimum absolute atomic E-state index is 0.0197. The van der Waals surface area contributed by atoms with Crippen molar-refractivity contribution in [1.29, 1.82) is 5.41 Å². The van der Waals surface area contributed by atoms with Crippen LogP contribution in [0, 0.1) is 5.41 Å². The van der Waals surface area contributed by atoms with Gasteiger partial charge in [0.25, 0.3) is 5.91 Å². The smallest absolute Gasteiger partial charge is 0.326 e. The lowest BCUT2D eigenvalue weighted by atomic mass is 10.2. The number of fused-ring (bicyclic) bond motifs is 1. The molecule has 2 heterocycles. The van der Waals surface area contributed by atoms with Gasteiger partial charge in [-0.15, -0.1) is 0 Å². The lowest BCUT2D eigenvalue weighted by Gasteiger charge is -2.21. The number of rotatable bonds is 9. The van der Waals surface area contributed by atoms with Crippen LogP contribution in [0.5, 0.6) is 0 Å². The second-order valence-corrected chi connectivity index (χ2v) is 8.02. The van der Waals surface area contributed by atoms with Crippen molar-refractivity contribution < 1.29 is 14.3 Å². The summed E-state index contributed by atoms with van der Waals surface area (Å²) in [5.74, 6) is -0.115. The van der Waals surface area contributed by atoms with Gasteiger partial charge in [-0.05, 0) is 61.5 Å². The average Bonchev–Trinajstić information content (AvgIpc) is 3.21. The summed E-state index contributed by atoms with van der Waals surface area (Å²) in [6.07, 6.45) is 1.53. The number of nitrogens with one attached hydrogen (secondary N) is 2. The van der Waals surface area contributed by atoms with E-state index in [1.807, 2.05) is 29.8 Å². The molecule has 36 heavy (non-hydrogen) atoms. The van der Waals surface area contributed by atoms with Crippen LogP contribution in [-0.2, 0) is 23.1 Å². The maximum absolute atomic E-state index is 13.2. The van der Waals surface area contributed by atoms with E-state index in [-0.39, 0.29) is 24.7 Å². The molecule has 0 aliphatic rings. The van der Waals surface area contributed by atoms with Crippen molar-refractivity contribution in [3.05, 3.63) is 83.9 Å². The fraction of sp³-hybridized carbons (Fsp3) is 0.192. The number of esters is 1. The van der Waals surface area contributed by atoms with Crippen LogP contribution in [0.15, 0.2) is 66.9 Å². The number of carbonyl (C=O) groups is 2. The van der Waals surface area contributed by atoms with Gasteiger partial charge >= 0.3 is 5.97 Å². The number of imidazole rings is 1. The zero-order valence-electron chi connectivity index (χ0n) is 20.1. The molecular weight excluding hydrogens is 458 g/mol. The molecule has 0 aliphatic carbocycles. The minimum Gasteiger partial charge on any atom is -0.465 e. The Morgan fingerprint density at radius 2 is 1.92 bits per heavy atom. The molecule has 2 aromatic carbocycles. The van der Waals surface area contributed by atoms with Crippen molar-refractivity contribution in [2.24, 2.45) is 12.8 Å². The summed E-state index contributed by atoms with van der Waals surface area (Å²) < 4.78 is 7.05. The van der Waals surface area contributed by atoms with E-state index in [0.717, 1.165) is 17.0 Å².